The van der Waals surface area contributed by atoms with Gasteiger partial charge in [0, 0.05) is 44.0 Å². The number of para-hydroxylation sites is 1. The fourth-order valence-corrected chi connectivity index (χ4v) is 3.49. The standard InChI is InChI=1S/C23H30N2O2/c1-4-27-22-16-19(18(2)3)10-11-20(23(22)26)17-24-12-14-25(15-13-24)21-8-6-5-7-9-21/h5-11,16,18H,4,12-15,17H2,1-3H3. The Morgan fingerprint density at radius 3 is 2.33 bits per heavy atom. The summed E-state index contributed by atoms with van der Waals surface area (Å²) < 4.78 is 5.65. The van der Waals surface area contributed by atoms with E-state index in [2.05, 4.69) is 54.0 Å². The topological polar surface area (TPSA) is 32.8 Å². The lowest BCUT2D eigenvalue weighted by Gasteiger charge is -2.36. The van der Waals surface area contributed by atoms with Crippen LogP contribution in [0, 0.1) is 0 Å². The zero-order valence-corrected chi connectivity index (χ0v) is 16.6. The van der Waals surface area contributed by atoms with Crippen LogP contribution in [0.5, 0.6) is 5.75 Å². The highest BCUT2D eigenvalue weighted by Crippen LogP contribution is 2.19. The predicted molar refractivity (Wildman–Crippen MR) is 112 cm³/mol. The minimum Gasteiger partial charge on any atom is -0.490 e. The summed E-state index contributed by atoms with van der Waals surface area (Å²) in [6.45, 7) is 11.2. The van der Waals surface area contributed by atoms with Gasteiger partial charge in [0.15, 0.2) is 5.75 Å². The van der Waals surface area contributed by atoms with Gasteiger partial charge in [-0.05, 0) is 36.6 Å². The quantitative estimate of drug-likeness (QED) is 0.776. The third-order valence-electron chi connectivity index (χ3n) is 5.14. The molecule has 0 N–H and O–H groups in total. The first-order valence-electron chi connectivity index (χ1n) is 9.90. The zero-order chi connectivity index (χ0) is 19.2. The molecule has 1 fully saturated rings. The summed E-state index contributed by atoms with van der Waals surface area (Å²) in [5.41, 5.74) is 3.25. The molecule has 0 aliphatic carbocycles. The summed E-state index contributed by atoms with van der Waals surface area (Å²) in [5, 5.41) is 0. The highest BCUT2D eigenvalue weighted by Gasteiger charge is 2.19. The Balaban J connectivity index is 1.73. The van der Waals surface area contributed by atoms with Crippen molar-refractivity contribution in [1.29, 1.82) is 0 Å². The summed E-state index contributed by atoms with van der Waals surface area (Å²) in [4.78, 5) is 17.7. The Kier molecular flexibility index (Phi) is 6.51. The average molecular weight is 367 g/mol. The van der Waals surface area contributed by atoms with Crippen molar-refractivity contribution in [2.45, 2.75) is 33.2 Å². The summed E-state index contributed by atoms with van der Waals surface area (Å²) in [5.74, 6) is 0.836. The molecule has 2 aromatic rings. The zero-order valence-electron chi connectivity index (χ0n) is 16.6. The van der Waals surface area contributed by atoms with Crippen LogP contribution in [0.4, 0.5) is 5.69 Å². The predicted octanol–water partition coefficient (Wildman–Crippen LogP) is 3.89. The number of rotatable bonds is 6. The van der Waals surface area contributed by atoms with Gasteiger partial charge >= 0.3 is 0 Å². The Hall–Kier alpha value is -2.33. The molecule has 2 aromatic carbocycles. The van der Waals surface area contributed by atoms with Crippen LogP contribution in [0.25, 0.3) is 0 Å². The molecule has 3 rings (SSSR count). The minimum atomic E-state index is 0.0224. The van der Waals surface area contributed by atoms with E-state index in [-0.39, 0.29) is 5.43 Å². The third-order valence-corrected chi connectivity index (χ3v) is 5.14. The smallest absolute Gasteiger partial charge is 0.224 e. The van der Waals surface area contributed by atoms with Crippen LogP contribution in [0.15, 0.2) is 53.3 Å². The molecule has 0 amide bonds. The minimum absolute atomic E-state index is 0.0224. The van der Waals surface area contributed by atoms with E-state index in [0.717, 1.165) is 37.3 Å². The summed E-state index contributed by atoms with van der Waals surface area (Å²) in [7, 11) is 0. The van der Waals surface area contributed by atoms with Crippen molar-refractivity contribution in [3.8, 4) is 5.75 Å². The van der Waals surface area contributed by atoms with Crippen LogP contribution in [0.2, 0.25) is 0 Å². The SMILES string of the molecule is CCOc1cc(C(C)C)ccc(CN2CCN(c3ccccc3)CC2)c1=O. The first-order valence-corrected chi connectivity index (χ1v) is 9.90. The summed E-state index contributed by atoms with van der Waals surface area (Å²) in [6, 6.07) is 16.5. The Morgan fingerprint density at radius 1 is 1.00 bits per heavy atom. The molecule has 1 saturated heterocycles. The third kappa shape index (κ3) is 4.89. The van der Waals surface area contributed by atoms with E-state index in [9.17, 15) is 4.79 Å². The number of benzene rings is 1. The van der Waals surface area contributed by atoms with E-state index in [1.807, 2.05) is 25.1 Å². The van der Waals surface area contributed by atoms with Gasteiger partial charge in [-0.2, -0.15) is 0 Å². The van der Waals surface area contributed by atoms with E-state index in [0.29, 0.717) is 24.8 Å². The maximum Gasteiger partial charge on any atom is 0.224 e. The second-order valence-electron chi connectivity index (χ2n) is 7.38. The van der Waals surface area contributed by atoms with Crippen molar-refractivity contribution in [3.05, 3.63) is 69.9 Å². The second-order valence-corrected chi connectivity index (χ2v) is 7.38. The van der Waals surface area contributed by atoms with E-state index >= 15 is 0 Å². The highest BCUT2D eigenvalue weighted by molar-refractivity contribution is 5.46. The van der Waals surface area contributed by atoms with Crippen molar-refractivity contribution in [3.63, 3.8) is 0 Å². The molecule has 0 aromatic heterocycles. The van der Waals surface area contributed by atoms with Crippen LogP contribution in [0.3, 0.4) is 0 Å². The molecule has 0 unspecified atom stereocenters. The van der Waals surface area contributed by atoms with Crippen molar-refractivity contribution in [1.82, 2.24) is 4.90 Å². The van der Waals surface area contributed by atoms with Crippen LogP contribution in [-0.4, -0.2) is 37.7 Å². The van der Waals surface area contributed by atoms with Crippen molar-refractivity contribution >= 4 is 5.69 Å². The van der Waals surface area contributed by atoms with Gasteiger partial charge in [0.1, 0.15) is 0 Å². The van der Waals surface area contributed by atoms with Gasteiger partial charge < -0.3 is 9.64 Å². The molecule has 0 saturated carbocycles. The summed E-state index contributed by atoms with van der Waals surface area (Å²) in [6.07, 6.45) is 0. The lowest BCUT2D eigenvalue weighted by Crippen LogP contribution is -2.46. The number of ether oxygens (including phenoxy) is 1. The van der Waals surface area contributed by atoms with Crippen LogP contribution in [0.1, 0.15) is 37.8 Å². The van der Waals surface area contributed by atoms with E-state index in [1.165, 1.54) is 5.69 Å². The number of hydrogen-bond donors (Lipinski definition) is 0. The van der Waals surface area contributed by atoms with Gasteiger partial charge in [-0.1, -0.05) is 44.2 Å². The molecule has 0 radical (unpaired) electrons. The molecule has 0 bridgehead atoms. The van der Waals surface area contributed by atoms with Gasteiger partial charge in [-0.25, -0.2) is 0 Å². The van der Waals surface area contributed by atoms with Gasteiger partial charge in [0.25, 0.3) is 0 Å². The van der Waals surface area contributed by atoms with E-state index < -0.39 is 0 Å². The molecular weight excluding hydrogens is 336 g/mol. The fourth-order valence-electron chi connectivity index (χ4n) is 3.49. The molecule has 27 heavy (non-hydrogen) atoms. The Morgan fingerprint density at radius 2 is 1.70 bits per heavy atom. The maximum absolute atomic E-state index is 12.9. The molecule has 1 heterocycles. The Bertz CT molecular complexity index is 797. The largest absolute Gasteiger partial charge is 0.490 e. The lowest BCUT2D eigenvalue weighted by atomic mass is 10.1. The summed E-state index contributed by atoms with van der Waals surface area (Å²) >= 11 is 0. The van der Waals surface area contributed by atoms with Gasteiger partial charge in [-0.3, -0.25) is 9.69 Å². The average Bonchev–Trinajstić information content (AvgIpc) is 2.84. The van der Waals surface area contributed by atoms with Crippen LogP contribution in [-0.2, 0) is 6.54 Å². The Labute approximate surface area is 162 Å². The van der Waals surface area contributed by atoms with Gasteiger partial charge in [-0.15, -0.1) is 0 Å². The van der Waals surface area contributed by atoms with Gasteiger partial charge in [0.05, 0.1) is 6.61 Å². The van der Waals surface area contributed by atoms with E-state index in [4.69, 9.17) is 4.74 Å². The first kappa shape index (κ1) is 19.4. The molecule has 1 aliphatic heterocycles. The van der Waals surface area contributed by atoms with Crippen LogP contribution >= 0.6 is 0 Å². The number of anilines is 1. The van der Waals surface area contributed by atoms with Crippen molar-refractivity contribution in [2.75, 3.05) is 37.7 Å². The van der Waals surface area contributed by atoms with Gasteiger partial charge in [0.2, 0.25) is 5.43 Å². The maximum atomic E-state index is 12.9. The molecule has 0 atom stereocenters. The number of nitrogens with zero attached hydrogens (tertiary/aromatic N) is 2. The monoisotopic (exact) mass is 366 g/mol. The second kappa shape index (κ2) is 9.05. The normalized spacial score (nSPS) is 15.2. The fraction of sp³-hybridized carbons (Fsp3) is 0.435. The molecule has 144 valence electrons. The van der Waals surface area contributed by atoms with E-state index in [1.54, 1.807) is 0 Å². The van der Waals surface area contributed by atoms with Crippen molar-refractivity contribution in [2.24, 2.45) is 0 Å². The van der Waals surface area contributed by atoms with Crippen LogP contribution < -0.4 is 15.1 Å². The lowest BCUT2D eigenvalue weighted by molar-refractivity contribution is 0.248. The number of hydrogen-bond acceptors (Lipinski definition) is 4. The molecule has 4 nitrogen and oxygen atoms in total. The molecule has 4 heteroatoms. The first-order chi connectivity index (χ1) is 13.1. The molecule has 1 aliphatic rings. The number of piperazine rings is 1. The molecular formula is C23H30N2O2. The van der Waals surface area contributed by atoms with Crippen molar-refractivity contribution < 1.29 is 4.74 Å². The molecule has 0 spiro atoms. The highest BCUT2D eigenvalue weighted by atomic mass is 16.5.